The van der Waals surface area contributed by atoms with E-state index in [9.17, 15) is 4.79 Å². The molecule has 0 spiro atoms. The smallest absolute Gasteiger partial charge is 0.275 e. The Morgan fingerprint density at radius 2 is 1.73 bits per heavy atom. The van der Waals surface area contributed by atoms with Gasteiger partial charge in [0.2, 0.25) is 0 Å². The van der Waals surface area contributed by atoms with Crippen molar-refractivity contribution in [3.63, 3.8) is 0 Å². The maximum absolute atomic E-state index is 11.2. The van der Waals surface area contributed by atoms with Crippen molar-refractivity contribution in [1.29, 1.82) is 0 Å². The minimum atomic E-state index is -0.239. The van der Waals surface area contributed by atoms with E-state index in [0.29, 0.717) is 5.69 Å². The summed E-state index contributed by atoms with van der Waals surface area (Å²) in [5.74, 6) is 0. The van der Waals surface area contributed by atoms with Crippen molar-refractivity contribution in [3.8, 4) is 0 Å². The quantitative estimate of drug-likeness (QED) is 0.743. The lowest BCUT2D eigenvalue weighted by Crippen LogP contribution is -2.01. The molecule has 0 unspecified atom stereocenters. The van der Waals surface area contributed by atoms with E-state index in [1.807, 2.05) is 30.3 Å². The molecule has 0 saturated carbocycles. The van der Waals surface area contributed by atoms with Crippen LogP contribution in [0.2, 0.25) is 0 Å². The van der Waals surface area contributed by atoms with Crippen LogP contribution in [0.25, 0.3) is 0 Å². The number of benzene rings is 1. The van der Waals surface area contributed by atoms with Crippen molar-refractivity contribution in [2.45, 2.75) is 0 Å². The van der Waals surface area contributed by atoms with Gasteiger partial charge in [-0.3, -0.25) is 4.79 Å². The van der Waals surface area contributed by atoms with Crippen LogP contribution in [-0.4, -0.2) is 4.98 Å². The molecule has 0 radical (unpaired) electrons. The summed E-state index contributed by atoms with van der Waals surface area (Å²) < 4.78 is 0. The van der Waals surface area contributed by atoms with Crippen LogP contribution < -0.4 is 5.56 Å². The number of nitrogens with zero attached hydrogens (tertiary/aromatic N) is 2. The van der Waals surface area contributed by atoms with E-state index in [0.717, 1.165) is 5.69 Å². The molecule has 2 rings (SSSR count). The van der Waals surface area contributed by atoms with Gasteiger partial charge in [-0.1, -0.05) is 18.2 Å². The molecule has 4 nitrogen and oxygen atoms in total. The van der Waals surface area contributed by atoms with Crippen molar-refractivity contribution in [2.24, 2.45) is 10.2 Å². The Balaban J connectivity index is 2.27. The van der Waals surface area contributed by atoms with Crippen molar-refractivity contribution < 1.29 is 0 Å². The predicted molar refractivity (Wildman–Crippen MR) is 57.7 cm³/mol. The molecule has 0 saturated heterocycles. The number of hydrogen-bond donors (Lipinski definition) is 1. The zero-order valence-corrected chi connectivity index (χ0v) is 7.92. The molecule has 15 heavy (non-hydrogen) atoms. The summed E-state index contributed by atoms with van der Waals surface area (Å²) >= 11 is 0. The normalized spacial score (nSPS) is 10.7. The van der Waals surface area contributed by atoms with Crippen molar-refractivity contribution in [3.05, 3.63) is 59.0 Å². The zero-order chi connectivity index (χ0) is 10.5. The summed E-state index contributed by atoms with van der Waals surface area (Å²) in [6.45, 7) is 0. The van der Waals surface area contributed by atoms with Crippen molar-refractivity contribution >= 4 is 11.4 Å². The second-order valence-corrected chi connectivity index (χ2v) is 2.92. The first-order valence-corrected chi connectivity index (χ1v) is 4.51. The minimum absolute atomic E-state index is 0.239. The Morgan fingerprint density at radius 3 is 2.47 bits per heavy atom. The summed E-state index contributed by atoms with van der Waals surface area (Å²) in [6, 6.07) is 12.6. The molecule has 0 atom stereocenters. The van der Waals surface area contributed by atoms with Crippen molar-refractivity contribution in [1.82, 2.24) is 4.98 Å². The standard InChI is InChI=1S/C11H9N3O/c15-11-10(7-4-8-12-11)14-13-9-5-2-1-3-6-9/h1-8H,(H,12,15). The summed E-state index contributed by atoms with van der Waals surface area (Å²) in [5, 5.41) is 7.80. The maximum Gasteiger partial charge on any atom is 0.275 e. The molecule has 2 aromatic rings. The fraction of sp³-hybridized carbons (Fsp3) is 0. The molecule has 0 fully saturated rings. The third-order valence-corrected chi connectivity index (χ3v) is 1.83. The molecule has 0 bridgehead atoms. The lowest BCUT2D eigenvalue weighted by molar-refractivity contribution is 1.15. The van der Waals surface area contributed by atoms with Gasteiger partial charge in [0.15, 0.2) is 5.69 Å². The van der Waals surface area contributed by atoms with E-state index in [1.54, 1.807) is 18.3 Å². The Hall–Kier alpha value is -2.23. The van der Waals surface area contributed by atoms with Crippen LogP contribution in [0.4, 0.5) is 11.4 Å². The van der Waals surface area contributed by atoms with Crippen LogP contribution in [-0.2, 0) is 0 Å². The van der Waals surface area contributed by atoms with E-state index in [-0.39, 0.29) is 5.56 Å². The molecule has 0 amide bonds. The Bertz CT molecular complexity index is 517. The molecular formula is C11H9N3O. The van der Waals surface area contributed by atoms with Crippen LogP contribution in [0.1, 0.15) is 0 Å². The molecule has 0 aliphatic heterocycles. The highest BCUT2D eigenvalue weighted by Gasteiger charge is 1.93. The van der Waals surface area contributed by atoms with E-state index >= 15 is 0 Å². The summed E-state index contributed by atoms with van der Waals surface area (Å²) in [6.07, 6.45) is 1.56. The third-order valence-electron chi connectivity index (χ3n) is 1.83. The maximum atomic E-state index is 11.2. The number of azo groups is 1. The average Bonchev–Trinajstić information content (AvgIpc) is 2.29. The molecule has 74 valence electrons. The Labute approximate surface area is 86.3 Å². The van der Waals surface area contributed by atoms with Gasteiger partial charge in [0, 0.05) is 6.20 Å². The van der Waals surface area contributed by atoms with Gasteiger partial charge in [-0.2, -0.15) is 5.11 Å². The molecular weight excluding hydrogens is 190 g/mol. The zero-order valence-electron chi connectivity index (χ0n) is 7.92. The van der Waals surface area contributed by atoms with Crippen LogP contribution in [0.5, 0.6) is 0 Å². The van der Waals surface area contributed by atoms with E-state index in [1.165, 1.54) is 0 Å². The summed E-state index contributed by atoms with van der Waals surface area (Å²) in [5.41, 5.74) is 0.791. The van der Waals surface area contributed by atoms with Crippen LogP contribution in [0.3, 0.4) is 0 Å². The first kappa shape index (κ1) is 9.33. The minimum Gasteiger partial charge on any atom is -0.327 e. The topological polar surface area (TPSA) is 57.6 Å². The van der Waals surface area contributed by atoms with Gasteiger partial charge in [-0.15, -0.1) is 5.11 Å². The highest BCUT2D eigenvalue weighted by atomic mass is 16.1. The fourth-order valence-electron chi connectivity index (χ4n) is 1.10. The lowest BCUT2D eigenvalue weighted by atomic mass is 10.3. The van der Waals surface area contributed by atoms with E-state index < -0.39 is 0 Å². The number of nitrogens with one attached hydrogen (secondary N) is 1. The molecule has 1 N–H and O–H groups in total. The first-order valence-electron chi connectivity index (χ1n) is 4.51. The number of H-pyrrole nitrogens is 1. The van der Waals surface area contributed by atoms with Crippen LogP contribution in [0, 0.1) is 0 Å². The largest absolute Gasteiger partial charge is 0.327 e. The van der Waals surface area contributed by atoms with Crippen molar-refractivity contribution in [2.75, 3.05) is 0 Å². The second kappa shape index (κ2) is 4.32. The number of rotatable bonds is 2. The Morgan fingerprint density at radius 1 is 0.933 bits per heavy atom. The molecule has 1 heterocycles. The molecule has 0 aliphatic carbocycles. The molecule has 1 aromatic heterocycles. The van der Waals surface area contributed by atoms with E-state index in [2.05, 4.69) is 15.2 Å². The van der Waals surface area contributed by atoms with Crippen LogP contribution >= 0.6 is 0 Å². The van der Waals surface area contributed by atoms with Gasteiger partial charge in [0.1, 0.15) is 0 Å². The average molecular weight is 199 g/mol. The number of hydrogen-bond acceptors (Lipinski definition) is 3. The molecule has 0 aliphatic rings. The van der Waals surface area contributed by atoms with Crippen LogP contribution in [0.15, 0.2) is 63.7 Å². The highest BCUT2D eigenvalue weighted by Crippen LogP contribution is 2.13. The van der Waals surface area contributed by atoms with Gasteiger partial charge in [0.05, 0.1) is 5.69 Å². The first-order chi connectivity index (χ1) is 7.36. The van der Waals surface area contributed by atoms with E-state index in [4.69, 9.17) is 0 Å². The highest BCUT2D eigenvalue weighted by molar-refractivity contribution is 5.37. The fourth-order valence-corrected chi connectivity index (χ4v) is 1.10. The van der Waals surface area contributed by atoms with Gasteiger partial charge in [-0.25, -0.2) is 0 Å². The number of aromatic nitrogens is 1. The number of aromatic amines is 1. The van der Waals surface area contributed by atoms with Gasteiger partial charge in [0.25, 0.3) is 5.56 Å². The summed E-state index contributed by atoms with van der Waals surface area (Å²) in [4.78, 5) is 13.8. The number of pyridine rings is 1. The summed E-state index contributed by atoms with van der Waals surface area (Å²) in [7, 11) is 0. The third kappa shape index (κ3) is 2.37. The van der Waals surface area contributed by atoms with Gasteiger partial charge < -0.3 is 4.98 Å². The SMILES string of the molecule is O=c1[nH]cccc1N=Nc1ccccc1. The lowest BCUT2D eigenvalue weighted by Gasteiger charge is -1.90. The van der Waals surface area contributed by atoms with Gasteiger partial charge in [-0.05, 0) is 24.3 Å². The second-order valence-electron chi connectivity index (χ2n) is 2.92. The monoisotopic (exact) mass is 199 g/mol. The molecule has 4 heteroatoms. The van der Waals surface area contributed by atoms with Gasteiger partial charge >= 0.3 is 0 Å². The predicted octanol–water partition coefficient (Wildman–Crippen LogP) is 2.79. The molecule has 1 aromatic carbocycles. The Kier molecular flexibility index (Phi) is 2.69.